The van der Waals surface area contributed by atoms with Crippen LogP contribution in [0, 0.1) is 5.92 Å². The predicted molar refractivity (Wildman–Crippen MR) is 104 cm³/mol. The number of halogens is 3. The van der Waals surface area contributed by atoms with Crippen LogP contribution in [0.25, 0.3) is 0 Å². The molecule has 9 nitrogen and oxygen atoms in total. The van der Waals surface area contributed by atoms with Gasteiger partial charge in [-0.05, 0) is 12.5 Å². The van der Waals surface area contributed by atoms with E-state index < -0.39 is 36.0 Å². The van der Waals surface area contributed by atoms with Gasteiger partial charge < -0.3 is 25.1 Å². The van der Waals surface area contributed by atoms with Crippen molar-refractivity contribution < 1.29 is 52.7 Å². The van der Waals surface area contributed by atoms with Gasteiger partial charge in [-0.15, -0.1) is 0 Å². The minimum atomic E-state index is -5.19. The molecule has 1 aromatic carbocycles. The lowest BCUT2D eigenvalue weighted by Gasteiger charge is -2.19. The summed E-state index contributed by atoms with van der Waals surface area (Å²) in [5.41, 5.74) is 4.73. The van der Waals surface area contributed by atoms with Gasteiger partial charge in [0.25, 0.3) is 11.8 Å². The first-order valence-corrected chi connectivity index (χ1v) is 9.85. The number of carbonyl (C=O) groups excluding carboxylic acids is 4. The van der Waals surface area contributed by atoms with Crippen LogP contribution in [0.15, 0.2) is 41.7 Å². The molecule has 12 heteroatoms. The number of alkyl halides is 3. The molecule has 1 aliphatic rings. The van der Waals surface area contributed by atoms with Crippen LogP contribution in [0.5, 0.6) is 0 Å². The highest BCUT2D eigenvalue weighted by atomic mass is 19.4. The van der Waals surface area contributed by atoms with Crippen molar-refractivity contribution in [3.8, 4) is 0 Å². The molecule has 182 valence electrons. The normalized spacial score (nSPS) is 14.5. The quantitative estimate of drug-likeness (QED) is 0.547. The Bertz CT molecular complexity index is 899. The Labute approximate surface area is 187 Å². The fourth-order valence-corrected chi connectivity index (χ4v) is 2.47. The molecule has 2 amide bonds. The highest BCUT2D eigenvalue weighted by Gasteiger charge is 2.42. The van der Waals surface area contributed by atoms with Crippen LogP contribution >= 0.6 is 0 Å². The smallest absolute Gasteiger partial charge is 0.430 e. The number of benzene rings is 1. The molecule has 33 heavy (non-hydrogen) atoms. The SMILES string of the molecule is CCOC(=O)C1=C(OCc2ccccc2)C(=O)N(C(=O)[C@@H]([NH3+])C(C)C)C1.O=C([O-])C(F)(F)F. The molecule has 0 bridgehead atoms. The van der Waals surface area contributed by atoms with E-state index in [4.69, 9.17) is 19.4 Å². The Hall–Kier alpha value is -3.41. The molecule has 0 radical (unpaired) electrons. The Morgan fingerprint density at radius 2 is 1.73 bits per heavy atom. The summed E-state index contributed by atoms with van der Waals surface area (Å²) in [5, 5.41) is 8.78. The third-order valence-corrected chi connectivity index (χ3v) is 4.40. The van der Waals surface area contributed by atoms with Crippen molar-refractivity contribution in [1.82, 2.24) is 4.90 Å². The summed E-state index contributed by atoms with van der Waals surface area (Å²) in [6, 6.07) is 8.67. The number of nitrogens with zero attached hydrogens (tertiary/aromatic N) is 1. The monoisotopic (exact) mass is 474 g/mol. The van der Waals surface area contributed by atoms with Gasteiger partial charge in [0.2, 0.25) is 0 Å². The third-order valence-electron chi connectivity index (χ3n) is 4.40. The number of carboxylic acid groups (broad SMARTS) is 1. The van der Waals surface area contributed by atoms with Crippen molar-refractivity contribution in [2.24, 2.45) is 5.92 Å². The van der Waals surface area contributed by atoms with Crippen LogP contribution in [-0.2, 0) is 35.3 Å². The van der Waals surface area contributed by atoms with Gasteiger partial charge in [0, 0.05) is 5.92 Å². The van der Waals surface area contributed by atoms with Gasteiger partial charge in [-0.3, -0.25) is 14.5 Å². The molecular formula is C21H25F3N2O7. The minimum Gasteiger partial charge on any atom is -0.542 e. The molecule has 0 saturated heterocycles. The van der Waals surface area contributed by atoms with E-state index in [0.717, 1.165) is 10.5 Å². The zero-order chi connectivity index (χ0) is 25.3. The van der Waals surface area contributed by atoms with Gasteiger partial charge in [0.15, 0.2) is 11.8 Å². The largest absolute Gasteiger partial charge is 0.542 e. The van der Waals surface area contributed by atoms with E-state index in [1.165, 1.54) is 0 Å². The number of ether oxygens (including phenoxy) is 2. The minimum absolute atomic E-state index is 0.0318. The summed E-state index contributed by atoms with van der Waals surface area (Å²) >= 11 is 0. The standard InChI is InChI=1S/C19H24N2O5.C2HF3O2/c1-4-25-19(24)14-10-21(17(22)15(20)12(2)3)18(23)16(14)26-11-13-8-6-5-7-9-13;3-2(4,5)1(6)7/h5-9,12,15H,4,10-11,20H2,1-3H3;(H,6,7)/t15-;/m0./s1. The number of carboxylic acids is 1. The molecule has 1 aliphatic heterocycles. The van der Waals surface area contributed by atoms with Crippen LogP contribution < -0.4 is 10.8 Å². The molecule has 1 atom stereocenters. The molecule has 1 aromatic rings. The van der Waals surface area contributed by atoms with Gasteiger partial charge in [0.05, 0.1) is 13.2 Å². The van der Waals surface area contributed by atoms with Crippen molar-refractivity contribution in [2.75, 3.05) is 13.2 Å². The maximum atomic E-state index is 12.7. The first kappa shape index (κ1) is 27.6. The summed E-state index contributed by atoms with van der Waals surface area (Å²) in [7, 11) is 0. The molecule has 2 rings (SSSR count). The number of aliphatic carboxylic acids is 1. The van der Waals surface area contributed by atoms with Gasteiger partial charge in [-0.25, -0.2) is 4.79 Å². The summed E-state index contributed by atoms with van der Waals surface area (Å²) in [4.78, 5) is 47.3. The third kappa shape index (κ3) is 7.90. The molecule has 0 saturated carbocycles. The highest BCUT2D eigenvalue weighted by molar-refractivity contribution is 6.12. The average molecular weight is 474 g/mol. The Balaban J connectivity index is 0.000000675. The molecule has 0 spiro atoms. The first-order valence-electron chi connectivity index (χ1n) is 9.85. The highest BCUT2D eigenvalue weighted by Crippen LogP contribution is 2.24. The van der Waals surface area contributed by atoms with Gasteiger partial charge in [-0.1, -0.05) is 44.2 Å². The van der Waals surface area contributed by atoms with Crippen LogP contribution in [0.1, 0.15) is 26.3 Å². The predicted octanol–water partition coefficient (Wildman–Crippen LogP) is -0.0457. The molecule has 1 heterocycles. The number of hydrogen-bond donors (Lipinski definition) is 1. The van der Waals surface area contributed by atoms with Crippen LogP contribution in [0.2, 0.25) is 0 Å². The van der Waals surface area contributed by atoms with Crippen molar-refractivity contribution in [2.45, 2.75) is 39.6 Å². The molecule has 0 fully saturated rings. The van der Waals surface area contributed by atoms with Crippen LogP contribution in [-0.4, -0.2) is 54.0 Å². The van der Waals surface area contributed by atoms with E-state index in [1.54, 1.807) is 6.92 Å². The van der Waals surface area contributed by atoms with E-state index in [9.17, 15) is 27.6 Å². The van der Waals surface area contributed by atoms with E-state index in [0.29, 0.717) is 0 Å². The number of hydrogen-bond acceptors (Lipinski definition) is 7. The summed E-state index contributed by atoms with van der Waals surface area (Å²) in [6.07, 6.45) is -5.19. The van der Waals surface area contributed by atoms with E-state index in [-0.39, 0.29) is 37.0 Å². The van der Waals surface area contributed by atoms with Crippen molar-refractivity contribution >= 4 is 23.8 Å². The maximum absolute atomic E-state index is 12.7. The zero-order valence-corrected chi connectivity index (χ0v) is 18.3. The van der Waals surface area contributed by atoms with Crippen LogP contribution in [0.4, 0.5) is 13.2 Å². The van der Waals surface area contributed by atoms with Crippen molar-refractivity contribution in [3.63, 3.8) is 0 Å². The first-order chi connectivity index (χ1) is 15.3. The number of carbonyl (C=O) groups is 4. The Morgan fingerprint density at radius 1 is 1.18 bits per heavy atom. The fraction of sp³-hybridized carbons (Fsp3) is 0.429. The molecule has 0 unspecified atom stereocenters. The molecular weight excluding hydrogens is 449 g/mol. The second kappa shape index (κ2) is 12.0. The molecule has 0 aromatic heterocycles. The second-order valence-electron chi connectivity index (χ2n) is 7.17. The molecule has 0 aliphatic carbocycles. The Morgan fingerprint density at radius 3 is 2.18 bits per heavy atom. The van der Waals surface area contributed by atoms with Crippen LogP contribution in [0.3, 0.4) is 0 Å². The van der Waals surface area contributed by atoms with Crippen molar-refractivity contribution in [1.29, 1.82) is 0 Å². The molecule has 3 N–H and O–H groups in total. The zero-order valence-electron chi connectivity index (χ0n) is 18.3. The Kier molecular flexibility index (Phi) is 10.0. The van der Waals surface area contributed by atoms with Crippen molar-refractivity contribution in [3.05, 3.63) is 47.2 Å². The van der Waals surface area contributed by atoms with Gasteiger partial charge in [0.1, 0.15) is 18.1 Å². The van der Waals surface area contributed by atoms with E-state index >= 15 is 0 Å². The summed E-state index contributed by atoms with van der Waals surface area (Å²) in [6.45, 7) is 5.50. The number of quaternary nitrogens is 1. The number of amides is 2. The van der Waals surface area contributed by atoms with Gasteiger partial charge in [-0.2, -0.15) is 13.2 Å². The summed E-state index contributed by atoms with van der Waals surface area (Å²) < 4.78 is 42.2. The average Bonchev–Trinajstić information content (AvgIpc) is 3.08. The lowest BCUT2D eigenvalue weighted by molar-refractivity contribution is -0.415. The lowest BCUT2D eigenvalue weighted by atomic mass is 10.0. The van der Waals surface area contributed by atoms with Gasteiger partial charge >= 0.3 is 12.1 Å². The number of esters is 1. The maximum Gasteiger partial charge on any atom is 0.430 e. The van der Waals surface area contributed by atoms with E-state index in [2.05, 4.69) is 5.73 Å². The lowest BCUT2D eigenvalue weighted by Crippen LogP contribution is -2.70. The van der Waals surface area contributed by atoms with E-state index in [1.807, 2.05) is 44.2 Å². The second-order valence-corrected chi connectivity index (χ2v) is 7.17. The fourth-order valence-electron chi connectivity index (χ4n) is 2.47. The number of imide groups is 1. The number of rotatable bonds is 7. The summed E-state index contributed by atoms with van der Waals surface area (Å²) in [5.74, 6) is -4.86. The topological polar surface area (TPSA) is 141 Å².